The van der Waals surface area contributed by atoms with Gasteiger partial charge >= 0.3 is 0 Å². The van der Waals surface area contributed by atoms with Crippen molar-refractivity contribution in [1.29, 1.82) is 5.26 Å². The summed E-state index contributed by atoms with van der Waals surface area (Å²) in [7, 11) is -0.120. The van der Waals surface area contributed by atoms with Gasteiger partial charge in [-0.15, -0.1) is 0 Å². The van der Waals surface area contributed by atoms with Gasteiger partial charge < -0.3 is 14.0 Å². The van der Waals surface area contributed by atoms with Crippen LogP contribution in [-0.2, 0) is 37.2 Å². The summed E-state index contributed by atoms with van der Waals surface area (Å²) in [5.74, 6) is 0. The van der Waals surface area contributed by atoms with E-state index in [1.807, 2.05) is 58.9 Å². The molecule has 5 rings (SSSR count). The molecular formula is C26H29N7O2S2. The van der Waals surface area contributed by atoms with E-state index in [2.05, 4.69) is 20.9 Å². The number of nitriles is 1. The molecule has 11 heteroatoms. The van der Waals surface area contributed by atoms with Gasteiger partial charge in [0.05, 0.1) is 36.5 Å². The lowest BCUT2D eigenvalue weighted by Gasteiger charge is -2.39. The van der Waals surface area contributed by atoms with Gasteiger partial charge in [0.1, 0.15) is 0 Å². The Balaban J connectivity index is 1.56. The van der Waals surface area contributed by atoms with Crippen LogP contribution in [0.2, 0.25) is 0 Å². The number of imidazole rings is 2. The maximum atomic E-state index is 14.0. The minimum atomic E-state index is -3.85. The molecule has 3 heterocycles. The molecule has 1 saturated carbocycles. The number of hydrogen-bond acceptors (Lipinski definition) is 7. The molecule has 0 aliphatic heterocycles. The van der Waals surface area contributed by atoms with Crippen LogP contribution in [0.25, 0.3) is 0 Å². The van der Waals surface area contributed by atoms with E-state index in [4.69, 9.17) is 0 Å². The molecule has 0 saturated heterocycles. The Labute approximate surface area is 221 Å². The molecule has 1 aliphatic rings. The first kappa shape index (κ1) is 25.2. The van der Waals surface area contributed by atoms with E-state index in [9.17, 15) is 13.7 Å². The third kappa shape index (κ3) is 5.18. The van der Waals surface area contributed by atoms with Crippen LogP contribution in [0.5, 0.6) is 0 Å². The first-order valence-corrected chi connectivity index (χ1v) is 14.5. The number of benzene rings is 1. The number of nitrogens with zero attached hydrogens (tertiary/aromatic N) is 7. The zero-order valence-corrected chi connectivity index (χ0v) is 22.4. The third-order valence-electron chi connectivity index (χ3n) is 6.96. The van der Waals surface area contributed by atoms with Crippen LogP contribution < -0.4 is 4.90 Å². The Morgan fingerprint density at radius 2 is 1.89 bits per heavy atom. The summed E-state index contributed by atoms with van der Waals surface area (Å²) in [4.78, 5) is 10.8. The molecule has 0 unspecified atom stereocenters. The number of rotatable bonds is 9. The standard InChI is InChI=1S/C26H29N7O2S2/c1-30-16-26(29-19-30)37(34,35)33(14-21-10-11-36-17-21)25-5-3-4-24(25)32(15-23-13-28-18-31(23)2)22-8-6-20(12-27)7-9-22/h6-11,13,16-19,24-25H,3-5,14-15H2,1-2H3/t24-,25-/m0/s1. The smallest absolute Gasteiger partial charge is 0.262 e. The molecule has 1 aliphatic carbocycles. The molecule has 2 atom stereocenters. The van der Waals surface area contributed by atoms with Gasteiger partial charge in [-0.1, -0.05) is 0 Å². The fraction of sp³-hybridized carbons (Fsp3) is 0.346. The zero-order chi connectivity index (χ0) is 26.0. The van der Waals surface area contributed by atoms with Crippen molar-refractivity contribution in [2.75, 3.05) is 4.90 Å². The van der Waals surface area contributed by atoms with Crippen molar-refractivity contribution in [3.63, 3.8) is 0 Å². The van der Waals surface area contributed by atoms with Crippen molar-refractivity contribution in [1.82, 2.24) is 23.4 Å². The van der Waals surface area contributed by atoms with E-state index in [1.165, 1.54) is 6.33 Å². The van der Waals surface area contributed by atoms with Gasteiger partial charge in [-0.3, -0.25) is 0 Å². The van der Waals surface area contributed by atoms with Gasteiger partial charge in [-0.25, -0.2) is 18.4 Å². The number of anilines is 1. The lowest BCUT2D eigenvalue weighted by atomic mass is 10.1. The van der Waals surface area contributed by atoms with E-state index in [0.29, 0.717) is 12.1 Å². The predicted molar refractivity (Wildman–Crippen MR) is 142 cm³/mol. The van der Waals surface area contributed by atoms with Crippen LogP contribution in [0.4, 0.5) is 5.69 Å². The average molecular weight is 536 g/mol. The summed E-state index contributed by atoms with van der Waals surface area (Å²) < 4.78 is 33.3. The molecule has 0 spiro atoms. The lowest BCUT2D eigenvalue weighted by Crippen LogP contribution is -2.50. The molecule has 0 N–H and O–H groups in total. The van der Waals surface area contributed by atoms with Gasteiger partial charge in [-0.05, 0) is 65.9 Å². The van der Waals surface area contributed by atoms with Crippen molar-refractivity contribution in [2.24, 2.45) is 14.1 Å². The van der Waals surface area contributed by atoms with Crippen molar-refractivity contribution >= 4 is 27.0 Å². The summed E-state index contributed by atoms with van der Waals surface area (Å²) >= 11 is 1.56. The first-order chi connectivity index (χ1) is 17.9. The average Bonchev–Trinajstić information content (AvgIpc) is 3.70. The Bertz CT molecular complexity index is 1480. The topological polar surface area (TPSA) is 100 Å². The quantitative estimate of drug-likeness (QED) is 0.322. The fourth-order valence-electron chi connectivity index (χ4n) is 5.04. The number of aromatic nitrogens is 4. The largest absolute Gasteiger partial charge is 0.361 e. The Hall–Kier alpha value is -3.46. The molecule has 9 nitrogen and oxygen atoms in total. The molecule has 0 radical (unpaired) electrons. The summed E-state index contributed by atoms with van der Waals surface area (Å²) in [6, 6.07) is 11.3. The summed E-state index contributed by atoms with van der Waals surface area (Å²) in [6.07, 6.45) is 9.20. The van der Waals surface area contributed by atoms with Crippen molar-refractivity contribution < 1.29 is 8.42 Å². The summed E-state index contributed by atoms with van der Waals surface area (Å²) in [6.45, 7) is 0.857. The first-order valence-electron chi connectivity index (χ1n) is 12.1. The molecule has 1 aromatic carbocycles. The van der Waals surface area contributed by atoms with E-state index in [0.717, 1.165) is 36.2 Å². The van der Waals surface area contributed by atoms with E-state index in [1.54, 1.807) is 39.8 Å². The van der Waals surface area contributed by atoms with Crippen molar-refractivity contribution in [3.05, 3.63) is 83.0 Å². The Morgan fingerprint density at radius 3 is 2.51 bits per heavy atom. The number of hydrogen-bond donors (Lipinski definition) is 0. The Kier molecular flexibility index (Phi) is 7.15. The minimum absolute atomic E-state index is 0.0624. The van der Waals surface area contributed by atoms with Crippen molar-refractivity contribution in [2.45, 2.75) is 49.5 Å². The maximum Gasteiger partial charge on any atom is 0.262 e. The molecule has 3 aromatic heterocycles. The highest BCUT2D eigenvalue weighted by Crippen LogP contribution is 2.36. The maximum absolute atomic E-state index is 14.0. The highest BCUT2D eigenvalue weighted by molar-refractivity contribution is 7.89. The van der Waals surface area contributed by atoms with E-state index >= 15 is 0 Å². The molecular weight excluding hydrogens is 506 g/mol. The van der Waals surface area contributed by atoms with Gasteiger partial charge in [0.15, 0.2) is 5.03 Å². The number of aryl methyl sites for hydroxylation is 2. The summed E-state index contributed by atoms with van der Waals surface area (Å²) in [5.41, 5.74) is 3.52. The normalized spacial score (nSPS) is 17.8. The van der Waals surface area contributed by atoms with Gasteiger partial charge in [0.25, 0.3) is 10.0 Å². The second kappa shape index (κ2) is 10.5. The molecule has 192 valence electrons. The SMILES string of the molecule is Cn1cnc(S(=O)(=O)N(Cc2ccsc2)[C@H]2CCC[C@@H]2N(Cc2cncn2C)c2ccc(C#N)cc2)c1. The number of sulfonamides is 1. The third-order valence-corrected chi connectivity index (χ3v) is 9.45. The predicted octanol–water partition coefficient (Wildman–Crippen LogP) is 3.91. The van der Waals surface area contributed by atoms with Crippen molar-refractivity contribution in [3.8, 4) is 6.07 Å². The van der Waals surface area contributed by atoms with Crippen LogP contribution in [0.3, 0.4) is 0 Å². The summed E-state index contributed by atoms with van der Waals surface area (Å²) in [5, 5.41) is 13.3. The van der Waals surface area contributed by atoms with Crippen LogP contribution in [-0.4, -0.2) is 43.9 Å². The van der Waals surface area contributed by atoms with E-state index in [-0.39, 0.29) is 23.7 Å². The lowest BCUT2D eigenvalue weighted by molar-refractivity contribution is 0.286. The molecule has 0 bridgehead atoms. The Morgan fingerprint density at radius 1 is 1.11 bits per heavy atom. The van der Waals surface area contributed by atoms with Crippen LogP contribution in [0.15, 0.2) is 71.2 Å². The molecule has 1 fully saturated rings. The highest BCUT2D eigenvalue weighted by Gasteiger charge is 2.42. The zero-order valence-electron chi connectivity index (χ0n) is 20.8. The van der Waals surface area contributed by atoms with Crippen LogP contribution in [0.1, 0.15) is 36.1 Å². The van der Waals surface area contributed by atoms with Crippen LogP contribution >= 0.6 is 11.3 Å². The van der Waals surface area contributed by atoms with Crippen LogP contribution in [0, 0.1) is 11.3 Å². The molecule has 4 aromatic rings. The molecule has 37 heavy (non-hydrogen) atoms. The van der Waals surface area contributed by atoms with Gasteiger partial charge in [0, 0.05) is 50.8 Å². The fourth-order valence-corrected chi connectivity index (χ4v) is 7.35. The number of thiophene rings is 1. The second-order valence-corrected chi connectivity index (χ2v) is 12.0. The second-order valence-electron chi connectivity index (χ2n) is 9.41. The van der Waals surface area contributed by atoms with Gasteiger partial charge in [-0.2, -0.15) is 20.9 Å². The van der Waals surface area contributed by atoms with Gasteiger partial charge in [0.2, 0.25) is 0 Å². The highest BCUT2D eigenvalue weighted by atomic mass is 32.2. The van der Waals surface area contributed by atoms with E-state index < -0.39 is 10.0 Å². The minimum Gasteiger partial charge on any atom is -0.361 e. The monoisotopic (exact) mass is 535 g/mol. The molecule has 0 amide bonds.